The molecule has 0 radical (unpaired) electrons. The third kappa shape index (κ3) is 3.98. The summed E-state index contributed by atoms with van der Waals surface area (Å²) in [5, 5.41) is 9.68. The van der Waals surface area contributed by atoms with E-state index in [0.29, 0.717) is 13.1 Å². The zero-order valence-corrected chi connectivity index (χ0v) is 13.0. The number of rotatable bonds is 3. The average Bonchev–Trinajstić information content (AvgIpc) is 2.45. The van der Waals surface area contributed by atoms with Crippen molar-refractivity contribution in [2.24, 2.45) is 0 Å². The van der Waals surface area contributed by atoms with Crippen molar-refractivity contribution in [3.8, 4) is 5.75 Å². The molecule has 1 aromatic rings. The quantitative estimate of drug-likeness (QED) is 0.856. The first kappa shape index (κ1) is 16.3. The van der Waals surface area contributed by atoms with Gasteiger partial charge in [0.25, 0.3) is 5.91 Å². The lowest BCUT2D eigenvalue weighted by molar-refractivity contribution is -0.146. The molecule has 1 heterocycles. The van der Waals surface area contributed by atoms with Crippen LogP contribution < -0.4 is 0 Å². The fourth-order valence-electron chi connectivity index (χ4n) is 2.49. The van der Waals surface area contributed by atoms with Crippen LogP contribution in [-0.4, -0.2) is 53.8 Å². The predicted molar refractivity (Wildman–Crippen MR) is 79.7 cm³/mol. The lowest BCUT2D eigenvalue weighted by Gasteiger charge is -2.35. The molecular weight excluding hydrogens is 286 g/mol. The maximum Gasteiger partial charge on any atom is 0.342 e. The van der Waals surface area contributed by atoms with E-state index in [1.165, 1.54) is 12.1 Å². The van der Waals surface area contributed by atoms with Crippen LogP contribution in [-0.2, 0) is 14.3 Å². The second-order valence-electron chi connectivity index (χ2n) is 5.65. The third-order valence-corrected chi connectivity index (χ3v) is 3.47. The molecule has 1 N–H and O–H groups in total. The minimum Gasteiger partial charge on any atom is -0.507 e. The Hall–Kier alpha value is -2.08. The van der Waals surface area contributed by atoms with Gasteiger partial charge in [-0.2, -0.15) is 0 Å². The highest BCUT2D eigenvalue weighted by atomic mass is 16.5. The Kier molecular flexibility index (Phi) is 5.03. The van der Waals surface area contributed by atoms with Crippen LogP contribution in [0.3, 0.4) is 0 Å². The van der Waals surface area contributed by atoms with E-state index in [4.69, 9.17) is 9.47 Å². The number of carbonyl (C=O) groups is 2. The smallest absolute Gasteiger partial charge is 0.342 e. The molecule has 120 valence electrons. The summed E-state index contributed by atoms with van der Waals surface area (Å²) in [4.78, 5) is 25.7. The van der Waals surface area contributed by atoms with Crippen molar-refractivity contribution >= 4 is 11.9 Å². The number of esters is 1. The number of nitrogens with zero attached hydrogens (tertiary/aromatic N) is 1. The summed E-state index contributed by atoms with van der Waals surface area (Å²) in [6.07, 6.45) is -0.0755. The van der Waals surface area contributed by atoms with Crippen molar-refractivity contribution in [3.05, 3.63) is 29.3 Å². The Morgan fingerprint density at radius 2 is 1.95 bits per heavy atom. The standard InChI is InChI=1S/C16H21NO5/c1-10-4-5-14(18)13(6-10)16(20)21-9-15(19)17-7-11(2)22-12(3)8-17/h4-6,11-12,18H,7-9H2,1-3H3/t11-,12-/m1/s1. The van der Waals surface area contributed by atoms with Gasteiger partial charge in [0, 0.05) is 13.1 Å². The molecule has 6 heteroatoms. The molecule has 0 bridgehead atoms. The number of amides is 1. The van der Waals surface area contributed by atoms with Crippen molar-refractivity contribution in [2.45, 2.75) is 33.0 Å². The van der Waals surface area contributed by atoms with E-state index in [1.54, 1.807) is 17.9 Å². The molecule has 2 rings (SSSR count). The van der Waals surface area contributed by atoms with E-state index in [2.05, 4.69) is 0 Å². The van der Waals surface area contributed by atoms with Gasteiger partial charge >= 0.3 is 5.97 Å². The van der Waals surface area contributed by atoms with Gasteiger partial charge in [0.05, 0.1) is 12.2 Å². The van der Waals surface area contributed by atoms with Crippen LogP contribution in [0.5, 0.6) is 5.75 Å². The molecule has 1 amide bonds. The highest BCUT2D eigenvalue weighted by molar-refractivity contribution is 5.94. The number of carbonyl (C=O) groups excluding carboxylic acids is 2. The van der Waals surface area contributed by atoms with Crippen LogP contribution >= 0.6 is 0 Å². The largest absolute Gasteiger partial charge is 0.507 e. The van der Waals surface area contributed by atoms with Gasteiger partial charge in [-0.1, -0.05) is 11.6 Å². The average molecular weight is 307 g/mol. The molecule has 1 fully saturated rings. The van der Waals surface area contributed by atoms with Crippen molar-refractivity contribution in [3.63, 3.8) is 0 Å². The fourth-order valence-corrected chi connectivity index (χ4v) is 2.49. The summed E-state index contributed by atoms with van der Waals surface area (Å²) in [7, 11) is 0. The van der Waals surface area contributed by atoms with Crippen LogP contribution in [0, 0.1) is 6.92 Å². The molecule has 6 nitrogen and oxygen atoms in total. The number of ether oxygens (including phenoxy) is 2. The van der Waals surface area contributed by atoms with Gasteiger partial charge in [-0.25, -0.2) is 4.79 Å². The van der Waals surface area contributed by atoms with Gasteiger partial charge in [0.1, 0.15) is 11.3 Å². The maximum absolute atomic E-state index is 12.1. The first-order valence-corrected chi connectivity index (χ1v) is 7.26. The van der Waals surface area contributed by atoms with Gasteiger partial charge in [0.2, 0.25) is 0 Å². The zero-order valence-electron chi connectivity index (χ0n) is 13.0. The number of benzene rings is 1. The van der Waals surface area contributed by atoms with Crippen molar-refractivity contribution in [2.75, 3.05) is 19.7 Å². The van der Waals surface area contributed by atoms with Crippen LogP contribution in [0.4, 0.5) is 0 Å². The topological polar surface area (TPSA) is 76.1 Å². The summed E-state index contributed by atoms with van der Waals surface area (Å²) < 4.78 is 10.6. The molecule has 1 saturated heterocycles. The number of phenols is 1. The van der Waals surface area contributed by atoms with E-state index in [0.717, 1.165) is 5.56 Å². The Bertz CT molecular complexity index is 562. The first-order valence-electron chi connectivity index (χ1n) is 7.26. The molecule has 0 aliphatic carbocycles. The van der Waals surface area contributed by atoms with Gasteiger partial charge in [0.15, 0.2) is 6.61 Å². The zero-order chi connectivity index (χ0) is 16.3. The summed E-state index contributed by atoms with van der Waals surface area (Å²) in [6.45, 7) is 6.22. The second kappa shape index (κ2) is 6.79. The highest BCUT2D eigenvalue weighted by Gasteiger charge is 2.26. The predicted octanol–water partition coefficient (Wildman–Crippen LogP) is 1.49. The number of hydrogen-bond acceptors (Lipinski definition) is 5. The minimum absolute atomic E-state index is 0.0378. The lowest BCUT2D eigenvalue weighted by atomic mass is 10.1. The van der Waals surface area contributed by atoms with E-state index in [9.17, 15) is 14.7 Å². The van der Waals surface area contributed by atoms with Crippen LogP contribution in [0.15, 0.2) is 18.2 Å². The van der Waals surface area contributed by atoms with Crippen molar-refractivity contribution < 1.29 is 24.2 Å². The molecule has 1 aliphatic heterocycles. The molecule has 1 aromatic carbocycles. The summed E-state index contributed by atoms with van der Waals surface area (Å²) >= 11 is 0. The van der Waals surface area contributed by atoms with Crippen molar-refractivity contribution in [1.82, 2.24) is 4.90 Å². The van der Waals surface area contributed by atoms with Crippen LogP contribution in [0.2, 0.25) is 0 Å². The summed E-state index contributed by atoms with van der Waals surface area (Å²) in [5.74, 6) is -1.12. The minimum atomic E-state index is -0.705. The maximum atomic E-state index is 12.1. The third-order valence-electron chi connectivity index (χ3n) is 3.47. The fraction of sp³-hybridized carbons (Fsp3) is 0.500. The van der Waals surface area contributed by atoms with E-state index in [1.807, 2.05) is 13.8 Å². The molecule has 0 saturated carbocycles. The Labute approximate surface area is 129 Å². The van der Waals surface area contributed by atoms with Gasteiger partial charge in [-0.3, -0.25) is 4.79 Å². The normalized spacial score (nSPS) is 21.5. The second-order valence-corrected chi connectivity index (χ2v) is 5.65. The molecule has 0 spiro atoms. The number of morpholine rings is 1. The monoisotopic (exact) mass is 307 g/mol. The molecule has 0 aromatic heterocycles. The number of aromatic hydroxyl groups is 1. The molecule has 0 unspecified atom stereocenters. The molecule has 1 aliphatic rings. The Balaban J connectivity index is 1.93. The van der Waals surface area contributed by atoms with E-state index < -0.39 is 5.97 Å². The molecular formula is C16H21NO5. The summed E-state index contributed by atoms with van der Waals surface area (Å²) in [5.41, 5.74) is 0.892. The Morgan fingerprint density at radius 3 is 2.59 bits per heavy atom. The van der Waals surface area contributed by atoms with Crippen molar-refractivity contribution in [1.29, 1.82) is 0 Å². The van der Waals surface area contributed by atoms with E-state index in [-0.39, 0.29) is 36.0 Å². The number of hydrogen-bond donors (Lipinski definition) is 1. The van der Waals surface area contributed by atoms with Gasteiger partial charge in [-0.15, -0.1) is 0 Å². The van der Waals surface area contributed by atoms with Gasteiger partial charge in [-0.05, 0) is 32.9 Å². The molecule has 2 atom stereocenters. The van der Waals surface area contributed by atoms with Crippen LogP contribution in [0.25, 0.3) is 0 Å². The number of phenolic OH excluding ortho intramolecular Hbond substituents is 1. The first-order chi connectivity index (χ1) is 10.4. The SMILES string of the molecule is Cc1ccc(O)c(C(=O)OCC(=O)N2C[C@@H](C)O[C@H](C)C2)c1. The Morgan fingerprint density at radius 1 is 1.32 bits per heavy atom. The number of aryl methyl sites for hydroxylation is 1. The highest BCUT2D eigenvalue weighted by Crippen LogP contribution is 2.19. The lowest BCUT2D eigenvalue weighted by Crippen LogP contribution is -2.49. The van der Waals surface area contributed by atoms with Gasteiger partial charge < -0.3 is 19.5 Å². The van der Waals surface area contributed by atoms with Crippen LogP contribution in [0.1, 0.15) is 29.8 Å². The molecule has 22 heavy (non-hydrogen) atoms. The summed E-state index contributed by atoms with van der Waals surface area (Å²) in [6, 6.07) is 4.65. The van der Waals surface area contributed by atoms with E-state index >= 15 is 0 Å².